The van der Waals surface area contributed by atoms with E-state index in [1.165, 1.54) is 0 Å². The summed E-state index contributed by atoms with van der Waals surface area (Å²) in [6.07, 6.45) is -21.1. The van der Waals surface area contributed by atoms with Crippen LogP contribution in [0.4, 0.5) is 0 Å². The van der Waals surface area contributed by atoms with Gasteiger partial charge in [0.2, 0.25) is 0 Å². The van der Waals surface area contributed by atoms with Crippen molar-refractivity contribution in [1.82, 2.24) is 0 Å². The fraction of sp³-hybridized carbons (Fsp3) is 1.00. The van der Waals surface area contributed by atoms with Crippen molar-refractivity contribution >= 4 is 0 Å². The highest BCUT2D eigenvalue weighted by Crippen LogP contribution is 2.31. The number of ether oxygens (including phenoxy) is 5. The SMILES string of the molecule is OCC(O)C1OCC(O[C@@H]2OC(CO)[C@H](O[C@@H]3OC(CO)[C@@H](O)[C@@H](O)C3O)[C@@H](O)C2O)C1O. The molecule has 0 spiro atoms. The molecule has 0 amide bonds. The predicted octanol–water partition coefficient (Wildman–Crippen LogP) is -6.89. The van der Waals surface area contributed by atoms with Gasteiger partial charge >= 0.3 is 0 Å². The molecule has 15 heteroatoms. The fourth-order valence-electron chi connectivity index (χ4n) is 4.02. The Kier molecular flexibility index (Phi) is 9.35. The van der Waals surface area contributed by atoms with Gasteiger partial charge in [-0.15, -0.1) is 0 Å². The molecule has 0 aromatic heterocycles. The predicted molar refractivity (Wildman–Crippen MR) is 100 cm³/mol. The second-order valence-electron chi connectivity index (χ2n) is 8.22. The van der Waals surface area contributed by atoms with Gasteiger partial charge in [-0.05, 0) is 0 Å². The molecule has 3 heterocycles. The van der Waals surface area contributed by atoms with E-state index in [0.29, 0.717) is 0 Å². The van der Waals surface area contributed by atoms with E-state index in [0.717, 1.165) is 0 Å². The molecule has 10 N–H and O–H groups in total. The number of rotatable bonds is 8. The molecule has 0 aromatic rings. The Bertz CT molecular complexity index is 607. The van der Waals surface area contributed by atoms with Crippen LogP contribution in [0.2, 0.25) is 0 Å². The standard InChI is InChI=1S/C18H32O15/c19-1-5(22)15-10(24)8(4-29-15)32-17-14(28)12(26)16(7(3-21)31-17)33-18-13(27)11(25)9(23)6(2-20)30-18/h5-28H,1-4H2/t5?,6?,7?,8?,9-,10?,11-,12+,13?,14?,15?,16+,17+,18+/m1/s1. The van der Waals surface area contributed by atoms with Gasteiger partial charge in [0.1, 0.15) is 73.2 Å². The molecular weight excluding hydrogens is 456 g/mol. The van der Waals surface area contributed by atoms with Gasteiger partial charge in [0, 0.05) is 0 Å². The summed E-state index contributed by atoms with van der Waals surface area (Å²) in [6.45, 7) is -2.35. The fourth-order valence-corrected chi connectivity index (χ4v) is 4.02. The first-order chi connectivity index (χ1) is 15.6. The van der Waals surface area contributed by atoms with Gasteiger partial charge < -0.3 is 74.7 Å². The lowest BCUT2D eigenvalue weighted by Crippen LogP contribution is -2.65. The molecule has 3 saturated heterocycles. The van der Waals surface area contributed by atoms with E-state index in [4.69, 9.17) is 28.8 Å². The van der Waals surface area contributed by atoms with Crippen molar-refractivity contribution in [3.05, 3.63) is 0 Å². The maximum absolute atomic E-state index is 10.6. The van der Waals surface area contributed by atoms with Gasteiger partial charge in [-0.1, -0.05) is 0 Å². The quantitative estimate of drug-likeness (QED) is 0.152. The molecule has 3 fully saturated rings. The van der Waals surface area contributed by atoms with Crippen molar-refractivity contribution in [2.24, 2.45) is 0 Å². The Balaban J connectivity index is 1.66. The molecule has 33 heavy (non-hydrogen) atoms. The van der Waals surface area contributed by atoms with Gasteiger partial charge in [-0.3, -0.25) is 0 Å². The van der Waals surface area contributed by atoms with Crippen LogP contribution in [0.25, 0.3) is 0 Å². The van der Waals surface area contributed by atoms with Crippen molar-refractivity contribution in [2.75, 3.05) is 26.4 Å². The van der Waals surface area contributed by atoms with E-state index in [1.807, 2.05) is 0 Å². The molecule has 0 bridgehead atoms. The third-order valence-corrected chi connectivity index (χ3v) is 6.01. The number of hydrogen-bond donors (Lipinski definition) is 10. The minimum Gasteiger partial charge on any atom is -0.394 e. The van der Waals surface area contributed by atoms with Crippen molar-refractivity contribution in [1.29, 1.82) is 0 Å². The van der Waals surface area contributed by atoms with E-state index in [9.17, 15) is 46.0 Å². The van der Waals surface area contributed by atoms with E-state index in [1.54, 1.807) is 0 Å². The zero-order valence-electron chi connectivity index (χ0n) is 17.4. The summed E-state index contributed by atoms with van der Waals surface area (Å²) in [5.74, 6) is 0. The average Bonchev–Trinajstić information content (AvgIpc) is 3.17. The summed E-state index contributed by atoms with van der Waals surface area (Å²) in [5, 5.41) is 98.8. The van der Waals surface area contributed by atoms with Crippen LogP contribution >= 0.6 is 0 Å². The zero-order valence-corrected chi connectivity index (χ0v) is 17.4. The summed E-state index contributed by atoms with van der Waals surface area (Å²) < 4.78 is 26.8. The molecule has 3 aliphatic heterocycles. The Labute approximate surface area is 187 Å². The minimum absolute atomic E-state index is 0.222. The monoisotopic (exact) mass is 488 g/mol. The molecular formula is C18H32O15. The first-order valence-corrected chi connectivity index (χ1v) is 10.5. The van der Waals surface area contributed by atoms with Gasteiger partial charge in [0.15, 0.2) is 12.6 Å². The molecule has 0 aromatic carbocycles. The van der Waals surface area contributed by atoms with Crippen molar-refractivity contribution in [3.63, 3.8) is 0 Å². The van der Waals surface area contributed by atoms with Crippen LogP contribution < -0.4 is 0 Å². The Morgan fingerprint density at radius 3 is 1.88 bits per heavy atom. The first kappa shape index (κ1) is 27.0. The summed E-state index contributed by atoms with van der Waals surface area (Å²) in [6, 6.07) is 0. The molecule has 0 aliphatic carbocycles. The van der Waals surface area contributed by atoms with Gasteiger partial charge in [-0.2, -0.15) is 0 Å². The molecule has 194 valence electrons. The maximum atomic E-state index is 10.6. The van der Waals surface area contributed by atoms with Crippen LogP contribution in [0.15, 0.2) is 0 Å². The van der Waals surface area contributed by atoms with E-state index in [2.05, 4.69) is 0 Å². The third kappa shape index (κ3) is 5.48. The van der Waals surface area contributed by atoms with Crippen LogP contribution in [0, 0.1) is 0 Å². The van der Waals surface area contributed by atoms with Crippen LogP contribution in [-0.4, -0.2) is 163 Å². The Hall–Kier alpha value is -0.600. The molecule has 0 saturated carbocycles. The average molecular weight is 488 g/mol. The van der Waals surface area contributed by atoms with Gasteiger partial charge in [0.05, 0.1) is 26.4 Å². The maximum Gasteiger partial charge on any atom is 0.187 e. The smallest absolute Gasteiger partial charge is 0.187 e. The van der Waals surface area contributed by atoms with E-state index < -0.39 is 106 Å². The molecule has 3 aliphatic rings. The number of aliphatic hydroxyl groups is 10. The van der Waals surface area contributed by atoms with Crippen molar-refractivity contribution < 1.29 is 74.7 Å². The van der Waals surface area contributed by atoms with E-state index in [-0.39, 0.29) is 6.61 Å². The van der Waals surface area contributed by atoms with Gasteiger partial charge in [-0.25, -0.2) is 0 Å². The summed E-state index contributed by atoms with van der Waals surface area (Å²) in [7, 11) is 0. The zero-order chi connectivity index (χ0) is 24.4. The Morgan fingerprint density at radius 1 is 0.697 bits per heavy atom. The summed E-state index contributed by atoms with van der Waals surface area (Å²) in [4.78, 5) is 0. The number of aliphatic hydroxyl groups excluding tert-OH is 10. The topological polar surface area (TPSA) is 248 Å². The highest BCUT2D eigenvalue weighted by Gasteiger charge is 2.52. The molecule has 14 atom stereocenters. The molecule has 3 rings (SSSR count). The van der Waals surface area contributed by atoms with Crippen LogP contribution in [-0.2, 0) is 23.7 Å². The molecule has 15 nitrogen and oxygen atoms in total. The van der Waals surface area contributed by atoms with Crippen LogP contribution in [0.3, 0.4) is 0 Å². The first-order valence-electron chi connectivity index (χ1n) is 10.5. The minimum atomic E-state index is -1.79. The number of hydrogen-bond acceptors (Lipinski definition) is 15. The summed E-state index contributed by atoms with van der Waals surface area (Å²) in [5.41, 5.74) is 0. The van der Waals surface area contributed by atoms with Crippen LogP contribution in [0.1, 0.15) is 0 Å². The second-order valence-corrected chi connectivity index (χ2v) is 8.22. The largest absolute Gasteiger partial charge is 0.394 e. The normalized spacial score (nSPS) is 49.8. The van der Waals surface area contributed by atoms with Crippen molar-refractivity contribution in [3.8, 4) is 0 Å². The molecule has 8 unspecified atom stereocenters. The van der Waals surface area contributed by atoms with Crippen molar-refractivity contribution in [2.45, 2.75) is 85.8 Å². The van der Waals surface area contributed by atoms with E-state index >= 15 is 0 Å². The van der Waals surface area contributed by atoms with Gasteiger partial charge in [0.25, 0.3) is 0 Å². The highest BCUT2D eigenvalue weighted by atomic mass is 16.7. The Morgan fingerprint density at radius 2 is 1.27 bits per heavy atom. The molecule has 0 radical (unpaired) electrons. The lowest BCUT2D eigenvalue weighted by atomic mass is 9.97. The van der Waals surface area contributed by atoms with Crippen LogP contribution in [0.5, 0.6) is 0 Å². The lowest BCUT2D eigenvalue weighted by molar-refractivity contribution is -0.363. The summed E-state index contributed by atoms with van der Waals surface area (Å²) >= 11 is 0. The highest BCUT2D eigenvalue weighted by molar-refractivity contribution is 4.95. The second kappa shape index (κ2) is 11.4. The lowest BCUT2D eigenvalue weighted by Gasteiger charge is -2.46. The third-order valence-electron chi connectivity index (χ3n) is 6.01.